The number of hydrogen-bond donors (Lipinski definition) is 0. The second kappa shape index (κ2) is 8.49. The lowest BCUT2D eigenvalue weighted by Gasteiger charge is -2.36. The number of para-hydroxylation sites is 1. The number of rotatable bonds is 3. The van der Waals surface area contributed by atoms with Gasteiger partial charge in [0.2, 0.25) is 5.91 Å². The maximum atomic E-state index is 13.5. The van der Waals surface area contributed by atoms with E-state index < -0.39 is 0 Å². The highest BCUT2D eigenvalue weighted by Crippen LogP contribution is 2.26. The average Bonchev–Trinajstić information content (AvgIpc) is 2.78. The van der Waals surface area contributed by atoms with Crippen molar-refractivity contribution in [1.29, 1.82) is 0 Å². The Kier molecular flexibility index (Phi) is 5.81. The molecule has 0 spiro atoms. The molecule has 0 bridgehead atoms. The van der Waals surface area contributed by atoms with Gasteiger partial charge in [-0.3, -0.25) is 14.6 Å². The van der Waals surface area contributed by atoms with E-state index in [0.29, 0.717) is 45.0 Å². The van der Waals surface area contributed by atoms with Gasteiger partial charge in [-0.05, 0) is 30.9 Å². The molecule has 1 unspecified atom stereocenters. The lowest BCUT2D eigenvalue weighted by Crippen LogP contribution is -2.49. The van der Waals surface area contributed by atoms with Crippen LogP contribution in [0.2, 0.25) is 0 Å². The fourth-order valence-electron chi connectivity index (χ4n) is 4.24. The fraction of sp³-hybridized carbons (Fsp3) is 0.522. The van der Waals surface area contributed by atoms with Gasteiger partial charge in [-0.15, -0.1) is 0 Å². The van der Waals surface area contributed by atoms with Crippen LogP contribution in [0.5, 0.6) is 0 Å². The highest BCUT2D eigenvalue weighted by atomic mass is 16.5. The van der Waals surface area contributed by atoms with Crippen molar-refractivity contribution in [2.24, 2.45) is 5.92 Å². The number of likely N-dealkylation sites (tertiary alicyclic amines) is 1. The number of carbonyl (C=O) groups is 2. The Balaban J connectivity index is 1.58. The topological polar surface area (TPSA) is 62.7 Å². The molecule has 0 aliphatic carbocycles. The second-order valence-electron chi connectivity index (χ2n) is 8.29. The van der Waals surface area contributed by atoms with Crippen LogP contribution >= 0.6 is 0 Å². The van der Waals surface area contributed by atoms with E-state index in [1.807, 2.05) is 40.1 Å². The minimum absolute atomic E-state index is 0.00461. The third-order valence-electron chi connectivity index (χ3n) is 5.94. The van der Waals surface area contributed by atoms with Gasteiger partial charge in [0, 0.05) is 37.3 Å². The average molecular weight is 396 g/mol. The van der Waals surface area contributed by atoms with Gasteiger partial charge in [0.15, 0.2) is 0 Å². The Morgan fingerprint density at radius 2 is 1.86 bits per heavy atom. The molecule has 1 atom stereocenters. The van der Waals surface area contributed by atoms with Crippen LogP contribution < -0.4 is 0 Å². The minimum atomic E-state index is -0.122. The molecular formula is C23H29N3O3. The summed E-state index contributed by atoms with van der Waals surface area (Å²) < 4.78 is 5.36. The van der Waals surface area contributed by atoms with Crippen LogP contribution in [0.4, 0.5) is 0 Å². The third kappa shape index (κ3) is 4.13. The molecule has 0 radical (unpaired) electrons. The molecule has 6 heteroatoms. The van der Waals surface area contributed by atoms with Crippen molar-refractivity contribution >= 4 is 22.7 Å². The molecule has 0 saturated carbocycles. The monoisotopic (exact) mass is 395 g/mol. The molecule has 154 valence electrons. The molecule has 0 N–H and O–H groups in total. The number of pyridine rings is 1. The number of carbonyl (C=O) groups excluding carboxylic acids is 2. The fourth-order valence-corrected chi connectivity index (χ4v) is 4.24. The molecule has 2 aliphatic rings. The van der Waals surface area contributed by atoms with Crippen LogP contribution in [0.3, 0.4) is 0 Å². The zero-order valence-electron chi connectivity index (χ0n) is 17.3. The van der Waals surface area contributed by atoms with E-state index in [1.54, 1.807) is 0 Å². The van der Waals surface area contributed by atoms with E-state index in [2.05, 4.69) is 13.8 Å². The Morgan fingerprint density at radius 3 is 2.62 bits per heavy atom. The summed E-state index contributed by atoms with van der Waals surface area (Å²) in [4.78, 5) is 34.9. The highest BCUT2D eigenvalue weighted by Gasteiger charge is 2.32. The third-order valence-corrected chi connectivity index (χ3v) is 5.94. The number of fused-ring (bicyclic) bond motifs is 1. The van der Waals surface area contributed by atoms with Crippen molar-refractivity contribution in [2.45, 2.75) is 32.6 Å². The Labute approximate surface area is 171 Å². The first kappa shape index (κ1) is 19.8. The number of hydrogen-bond acceptors (Lipinski definition) is 4. The molecule has 2 fully saturated rings. The van der Waals surface area contributed by atoms with E-state index in [1.165, 1.54) is 0 Å². The summed E-state index contributed by atoms with van der Waals surface area (Å²) in [7, 11) is 0. The molecule has 1 aromatic heterocycles. The van der Waals surface area contributed by atoms with Gasteiger partial charge in [0.25, 0.3) is 5.91 Å². The first-order valence-corrected chi connectivity index (χ1v) is 10.6. The molecule has 1 aromatic carbocycles. The lowest BCUT2D eigenvalue weighted by atomic mass is 9.95. The molecule has 29 heavy (non-hydrogen) atoms. The molecule has 2 amide bonds. The Bertz CT molecular complexity index is 905. The highest BCUT2D eigenvalue weighted by molar-refractivity contribution is 6.06. The van der Waals surface area contributed by atoms with Crippen molar-refractivity contribution in [3.05, 3.63) is 41.6 Å². The molecule has 3 heterocycles. The Morgan fingerprint density at radius 1 is 1.10 bits per heavy atom. The number of benzene rings is 1. The van der Waals surface area contributed by atoms with Crippen LogP contribution in [-0.2, 0) is 9.53 Å². The number of ether oxygens (including phenoxy) is 1. The lowest BCUT2D eigenvalue weighted by molar-refractivity contribution is -0.141. The summed E-state index contributed by atoms with van der Waals surface area (Å²) in [6, 6.07) is 9.74. The van der Waals surface area contributed by atoms with E-state index in [0.717, 1.165) is 29.4 Å². The van der Waals surface area contributed by atoms with E-state index in [9.17, 15) is 9.59 Å². The van der Waals surface area contributed by atoms with E-state index in [4.69, 9.17) is 9.72 Å². The Hall–Kier alpha value is -2.47. The first-order chi connectivity index (χ1) is 14.0. The maximum absolute atomic E-state index is 13.5. The predicted octanol–water partition coefficient (Wildman–Crippen LogP) is 3.07. The maximum Gasteiger partial charge on any atom is 0.254 e. The predicted molar refractivity (Wildman–Crippen MR) is 112 cm³/mol. The van der Waals surface area contributed by atoms with Crippen LogP contribution in [0, 0.1) is 5.92 Å². The van der Waals surface area contributed by atoms with Gasteiger partial charge in [0.1, 0.15) is 0 Å². The van der Waals surface area contributed by atoms with Crippen molar-refractivity contribution in [2.75, 3.05) is 39.4 Å². The standard InChI is InChI=1S/C23H29N3O3/c1-16(2)21-14-19(18-7-3-4-8-20(18)24-21)23(28)26-9-5-6-17(15-26)22(27)25-10-12-29-13-11-25/h3-4,7-8,14,16-17H,5-6,9-13,15H2,1-2H3. The first-order valence-electron chi connectivity index (χ1n) is 10.6. The molecule has 2 aromatic rings. The van der Waals surface area contributed by atoms with Crippen LogP contribution in [0.15, 0.2) is 30.3 Å². The van der Waals surface area contributed by atoms with Crippen LogP contribution in [0.1, 0.15) is 48.7 Å². The molecule has 2 saturated heterocycles. The summed E-state index contributed by atoms with van der Waals surface area (Å²) in [5.74, 6) is 0.282. The smallest absolute Gasteiger partial charge is 0.254 e. The summed E-state index contributed by atoms with van der Waals surface area (Å²) in [6.07, 6.45) is 1.70. The van der Waals surface area contributed by atoms with Crippen LogP contribution in [-0.4, -0.2) is 66.0 Å². The van der Waals surface area contributed by atoms with E-state index in [-0.39, 0.29) is 23.7 Å². The summed E-state index contributed by atoms with van der Waals surface area (Å²) in [5.41, 5.74) is 2.46. The zero-order chi connectivity index (χ0) is 20.4. The number of morpholine rings is 1. The number of aromatic nitrogens is 1. The van der Waals surface area contributed by atoms with Crippen molar-refractivity contribution in [3.63, 3.8) is 0 Å². The van der Waals surface area contributed by atoms with Gasteiger partial charge in [-0.2, -0.15) is 0 Å². The zero-order valence-corrected chi connectivity index (χ0v) is 17.3. The summed E-state index contributed by atoms with van der Waals surface area (Å²) in [6.45, 7) is 7.85. The van der Waals surface area contributed by atoms with Gasteiger partial charge >= 0.3 is 0 Å². The van der Waals surface area contributed by atoms with E-state index >= 15 is 0 Å². The number of nitrogens with zero attached hydrogens (tertiary/aromatic N) is 3. The largest absolute Gasteiger partial charge is 0.378 e. The quantitative estimate of drug-likeness (QED) is 0.801. The number of piperidine rings is 1. The minimum Gasteiger partial charge on any atom is -0.378 e. The van der Waals surface area contributed by atoms with Gasteiger partial charge in [0.05, 0.1) is 30.2 Å². The molecule has 2 aliphatic heterocycles. The molecule has 4 rings (SSSR count). The molecular weight excluding hydrogens is 366 g/mol. The van der Waals surface area contributed by atoms with Crippen LogP contribution in [0.25, 0.3) is 10.9 Å². The normalized spacial score (nSPS) is 20.3. The van der Waals surface area contributed by atoms with Crippen molar-refractivity contribution in [1.82, 2.24) is 14.8 Å². The van der Waals surface area contributed by atoms with Gasteiger partial charge in [-0.25, -0.2) is 0 Å². The van der Waals surface area contributed by atoms with Gasteiger partial charge < -0.3 is 14.5 Å². The summed E-state index contributed by atoms with van der Waals surface area (Å²) in [5, 5.41) is 0.878. The second-order valence-corrected chi connectivity index (χ2v) is 8.29. The summed E-state index contributed by atoms with van der Waals surface area (Å²) >= 11 is 0. The van der Waals surface area contributed by atoms with Crippen molar-refractivity contribution in [3.8, 4) is 0 Å². The number of amides is 2. The van der Waals surface area contributed by atoms with Gasteiger partial charge in [-0.1, -0.05) is 32.0 Å². The SMILES string of the molecule is CC(C)c1cc(C(=O)N2CCCC(C(=O)N3CCOCC3)C2)c2ccccc2n1. The van der Waals surface area contributed by atoms with Crippen molar-refractivity contribution < 1.29 is 14.3 Å². The molecule has 6 nitrogen and oxygen atoms in total.